The predicted molar refractivity (Wildman–Crippen MR) is 103 cm³/mol. The normalized spacial score (nSPS) is 19.1. The van der Waals surface area contributed by atoms with E-state index in [9.17, 15) is 4.79 Å². The van der Waals surface area contributed by atoms with Crippen LogP contribution >= 0.6 is 0 Å². The Hall–Kier alpha value is -3.21. The van der Waals surface area contributed by atoms with Crippen LogP contribution in [-0.2, 0) is 9.53 Å². The number of ether oxygens (including phenoxy) is 1. The van der Waals surface area contributed by atoms with Crippen LogP contribution in [0.4, 0.5) is 0 Å². The zero-order valence-corrected chi connectivity index (χ0v) is 15.0. The van der Waals surface area contributed by atoms with Crippen LogP contribution in [0.2, 0.25) is 0 Å². The number of hydrogen-bond donors (Lipinski definition) is 0. The van der Waals surface area contributed by atoms with E-state index in [-0.39, 0.29) is 5.91 Å². The summed E-state index contributed by atoms with van der Waals surface area (Å²) in [6.07, 6.45) is 1.80. The van der Waals surface area contributed by atoms with E-state index in [1.165, 1.54) is 24.8 Å². The summed E-state index contributed by atoms with van der Waals surface area (Å²) in [5, 5.41) is 6.93. The lowest BCUT2D eigenvalue weighted by atomic mass is 10.1. The Labute approximate surface area is 157 Å². The molecule has 5 rings (SSSR count). The van der Waals surface area contributed by atoms with Gasteiger partial charge in [0.1, 0.15) is 0 Å². The van der Waals surface area contributed by atoms with Gasteiger partial charge in [-0.3, -0.25) is 9.78 Å². The van der Waals surface area contributed by atoms with Crippen molar-refractivity contribution in [1.29, 1.82) is 0 Å². The topological polar surface area (TPSA) is 54.8 Å². The summed E-state index contributed by atoms with van der Waals surface area (Å²) in [5.74, 6) is 0.836. The molecule has 1 fully saturated rings. The third-order valence-corrected chi connectivity index (χ3v) is 5.01. The van der Waals surface area contributed by atoms with Crippen molar-refractivity contribution in [1.82, 2.24) is 9.99 Å². The molecule has 1 aliphatic heterocycles. The number of amides is 1. The molecule has 1 saturated carbocycles. The summed E-state index contributed by atoms with van der Waals surface area (Å²) < 4.78 is 6.20. The minimum absolute atomic E-state index is 0.153. The van der Waals surface area contributed by atoms with E-state index in [1.54, 1.807) is 0 Å². The maximum Gasteiger partial charge on any atom is 0.243 e. The van der Waals surface area contributed by atoms with Crippen LogP contribution in [0.15, 0.2) is 65.8 Å². The number of benzene rings is 2. The highest BCUT2D eigenvalue weighted by Crippen LogP contribution is 2.41. The fourth-order valence-corrected chi connectivity index (χ4v) is 3.47. The van der Waals surface area contributed by atoms with Crippen LogP contribution in [0.3, 0.4) is 0 Å². The second kappa shape index (κ2) is 6.20. The van der Waals surface area contributed by atoms with Crippen molar-refractivity contribution in [2.24, 2.45) is 5.10 Å². The first-order valence-electron chi connectivity index (χ1n) is 9.21. The number of hydrogen-bond acceptors (Lipinski definition) is 4. The third kappa shape index (κ3) is 2.85. The SMILES string of the molecule is CC(=O)N1N=C(c2cc(C3CC3)nc3ccccc23)OC1c1ccccc1. The van der Waals surface area contributed by atoms with Crippen molar-refractivity contribution in [3.63, 3.8) is 0 Å². The molecule has 0 spiro atoms. The number of aromatic nitrogens is 1. The van der Waals surface area contributed by atoms with E-state index in [0.717, 1.165) is 27.7 Å². The van der Waals surface area contributed by atoms with Gasteiger partial charge in [0, 0.05) is 35.0 Å². The highest BCUT2D eigenvalue weighted by atomic mass is 16.5. The average molecular weight is 357 g/mol. The number of nitrogens with zero attached hydrogens (tertiary/aromatic N) is 3. The first kappa shape index (κ1) is 16.0. The molecule has 3 aromatic rings. The Morgan fingerprint density at radius 1 is 1.07 bits per heavy atom. The van der Waals surface area contributed by atoms with Gasteiger partial charge in [-0.25, -0.2) is 0 Å². The molecule has 2 heterocycles. The number of rotatable bonds is 3. The van der Waals surface area contributed by atoms with Crippen molar-refractivity contribution >= 4 is 22.7 Å². The molecule has 0 bridgehead atoms. The number of hydrazone groups is 1. The molecule has 1 unspecified atom stereocenters. The molecule has 134 valence electrons. The van der Waals surface area contributed by atoms with Crippen molar-refractivity contribution in [2.75, 3.05) is 0 Å². The van der Waals surface area contributed by atoms with Gasteiger partial charge in [0.05, 0.1) is 5.52 Å². The summed E-state index contributed by atoms with van der Waals surface area (Å²) in [4.78, 5) is 17.0. The Morgan fingerprint density at radius 3 is 2.56 bits per heavy atom. The van der Waals surface area contributed by atoms with Gasteiger partial charge in [0.2, 0.25) is 18.0 Å². The van der Waals surface area contributed by atoms with Crippen LogP contribution in [0.1, 0.15) is 48.7 Å². The molecule has 27 heavy (non-hydrogen) atoms. The summed E-state index contributed by atoms with van der Waals surface area (Å²) in [5.41, 5.74) is 3.80. The Bertz CT molecular complexity index is 1060. The molecular formula is C22H19N3O2. The maximum absolute atomic E-state index is 12.2. The lowest BCUT2D eigenvalue weighted by Gasteiger charge is -2.19. The molecule has 1 aliphatic carbocycles. The van der Waals surface area contributed by atoms with E-state index in [4.69, 9.17) is 9.72 Å². The summed E-state index contributed by atoms with van der Waals surface area (Å²) in [6.45, 7) is 1.51. The van der Waals surface area contributed by atoms with Crippen molar-refractivity contribution < 1.29 is 9.53 Å². The Morgan fingerprint density at radius 2 is 1.81 bits per heavy atom. The molecular weight excluding hydrogens is 338 g/mol. The molecule has 5 heteroatoms. The summed E-state index contributed by atoms with van der Waals surface area (Å²) in [6, 6.07) is 19.8. The fraction of sp³-hybridized carbons (Fsp3) is 0.227. The Kier molecular flexibility index (Phi) is 3.67. The van der Waals surface area contributed by atoms with Crippen LogP contribution in [-0.4, -0.2) is 21.8 Å². The van der Waals surface area contributed by atoms with Gasteiger partial charge in [-0.1, -0.05) is 48.5 Å². The van der Waals surface area contributed by atoms with Crippen molar-refractivity contribution in [2.45, 2.75) is 31.9 Å². The molecule has 2 aliphatic rings. The van der Waals surface area contributed by atoms with E-state index in [2.05, 4.69) is 11.2 Å². The standard InChI is InChI=1S/C22H19N3O2/c1-14(26)25-22(16-7-3-2-4-8-16)27-21(24-25)18-13-20(15-11-12-15)23-19-10-6-5-9-17(18)19/h2-10,13,15,22H,11-12H2,1H3. The lowest BCUT2D eigenvalue weighted by Crippen LogP contribution is -2.25. The number of carbonyl (C=O) groups excluding carboxylic acids is 1. The van der Waals surface area contributed by atoms with E-state index in [1.807, 2.05) is 54.6 Å². The lowest BCUT2D eigenvalue weighted by molar-refractivity contribution is -0.135. The van der Waals surface area contributed by atoms with Gasteiger partial charge >= 0.3 is 0 Å². The Balaban J connectivity index is 1.62. The van der Waals surface area contributed by atoms with Crippen LogP contribution < -0.4 is 0 Å². The van der Waals surface area contributed by atoms with E-state index >= 15 is 0 Å². The summed E-state index contributed by atoms with van der Waals surface area (Å²) >= 11 is 0. The van der Waals surface area contributed by atoms with Crippen LogP contribution in [0.5, 0.6) is 0 Å². The second-order valence-corrected chi connectivity index (χ2v) is 7.04. The molecule has 1 amide bonds. The quantitative estimate of drug-likeness (QED) is 0.700. The van der Waals surface area contributed by atoms with Gasteiger partial charge in [-0.15, -0.1) is 5.10 Å². The highest BCUT2D eigenvalue weighted by molar-refractivity contribution is 6.07. The molecule has 1 aromatic heterocycles. The molecule has 0 saturated heterocycles. The molecule has 1 atom stereocenters. The zero-order chi connectivity index (χ0) is 18.4. The molecule has 0 N–H and O–H groups in total. The number of pyridine rings is 1. The third-order valence-electron chi connectivity index (χ3n) is 5.01. The number of para-hydroxylation sites is 1. The monoisotopic (exact) mass is 357 g/mol. The minimum Gasteiger partial charge on any atom is -0.446 e. The number of carbonyl (C=O) groups is 1. The van der Waals surface area contributed by atoms with Gasteiger partial charge in [0.15, 0.2) is 0 Å². The van der Waals surface area contributed by atoms with Crippen molar-refractivity contribution in [3.8, 4) is 0 Å². The zero-order valence-electron chi connectivity index (χ0n) is 15.0. The number of fused-ring (bicyclic) bond motifs is 1. The first-order chi connectivity index (χ1) is 13.2. The largest absolute Gasteiger partial charge is 0.446 e. The maximum atomic E-state index is 12.2. The average Bonchev–Trinajstić information content (AvgIpc) is 3.46. The fourth-order valence-electron chi connectivity index (χ4n) is 3.47. The van der Waals surface area contributed by atoms with E-state index in [0.29, 0.717) is 11.8 Å². The first-order valence-corrected chi connectivity index (χ1v) is 9.21. The molecule has 2 aromatic carbocycles. The second-order valence-electron chi connectivity index (χ2n) is 7.04. The van der Waals surface area contributed by atoms with Crippen LogP contribution in [0, 0.1) is 0 Å². The van der Waals surface area contributed by atoms with Gasteiger partial charge in [-0.2, -0.15) is 5.01 Å². The van der Waals surface area contributed by atoms with E-state index < -0.39 is 6.23 Å². The van der Waals surface area contributed by atoms with Gasteiger partial charge in [0.25, 0.3) is 0 Å². The van der Waals surface area contributed by atoms with Crippen molar-refractivity contribution in [3.05, 3.63) is 77.5 Å². The van der Waals surface area contributed by atoms with Gasteiger partial charge < -0.3 is 4.74 Å². The summed E-state index contributed by atoms with van der Waals surface area (Å²) in [7, 11) is 0. The van der Waals surface area contributed by atoms with Gasteiger partial charge in [-0.05, 0) is 25.0 Å². The highest BCUT2D eigenvalue weighted by Gasteiger charge is 2.34. The van der Waals surface area contributed by atoms with Crippen LogP contribution in [0.25, 0.3) is 10.9 Å². The minimum atomic E-state index is -0.546. The molecule has 5 nitrogen and oxygen atoms in total. The predicted octanol–water partition coefficient (Wildman–Crippen LogP) is 4.35. The smallest absolute Gasteiger partial charge is 0.243 e. The molecule has 0 radical (unpaired) electrons.